The van der Waals surface area contributed by atoms with Gasteiger partial charge in [-0.25, -0.2) is 9.78 Å². The molecule has 3 aromatic rings. The number of ether oxygens (including phenoxy) is 3. The third-order valence-corrected chi connectivity index (χ3v) is 5.67. The highest BCUT2D eigenvalue weighted by Gasteiger charge is 2.17. The van der Waals surface area contributed by atoms with Gasteiger partial charge >= 0.3 is 5.97 Å². The predicted molar refractivity (Wildman–Crippen MR) is 113 cm³/mol. The minimum absolute atomic E-state index is 0.230. The number of methoxy groups -OCH3 is 2. The number of esters is 1. The van der Waals surface area contributed by atoms with E-state index in [2.05, 4.69) is 9.97 Å². The zero-order valence-electron chi connectivity index (χ0n) is 16.9. The Kier molecular flexibility index (Phi) is 6.03. The van der Waals surface area contributed by atoms with Crippen LogP contribution in [0.1, 0.15) is 34.9 Å². The van der Waals surface area contributed by atoms with E-state index in [1.54, 1.807) is 38.3 Å². The molecule has 2 aromatic heterocycles. The number of nitrogens with zero attached hydrogens (tertiary/aromatic N) is 1. The molecule has 0 amide bonds. The van der Waals surface area contributed by atoms with Gasteiger partial charge in [0.1, 0.15) is 4.83 Å². The van der Waals surface area contributed by atoms with Gasteiger partial charge in [-0.2, -0.15) is 0 Å². The number of nitrogens with one attached hydrogen (secondary N) is 1. The number of H-pyrrole nitrogens is 1. The summed E-state index contributed by atoms with van der Waals surface area (Å²) in [7, 11) is 3.07. The lowest BCUT2D eigenvalue weighted by Crippen LogP contribution is -2.16. The van der Waals surface area contributed by atoms with Gasteiger partial charge in [0.2, 0.25) is 0 Å². The quantitative estimate of drug-likeness (QED) is 0.485. The second-order valence-electron chi connectivity index (χ2n) is 6.41. The number of aromatic nitrogens is 2. The van der Waals surface area contributed by atoms with Gasteiger partial charge in [-0.05, 0) is 38.5 Å². The first-order valence-corrected chi connectivity index (χ1v) is 9.77. The van der Waals surface area contributed by atoms with E-state index in [4.69, 9.17) is 14.2 Å². The van der Waals surface area contributed by atoms with Gasteiger partial charge in [-0.15, -0.1) is 11.3 Å². The summed E-state index contributed by atoms with van der Waals surface area (Å²) in [6, 6.07) is 5.36. The number of carbonyl (C=O) groups is 1. The Morgan fingerprint density at radius 3 is 2.69 bits per heavy atom. The van der Waals surface area contributed by atoms with Crippen molar-refractivity contribution in [3.8, 4) is 11.5 Å². The molecule has 152 valence electrons. The van der Waals surface area contributed by atoms with Crippen LogP contribution in [0.25, 0.3) is 16.3 Å². The van der Waals surface area contributed by atoms with Crippen LogP contribution in [0.2, 0.25) is 0 Å². The number of rotatable bonds is 6. The number of carbonyl (C=O) groups excluding carboxylic acids is 1. The molecule has 3 rings (SSSR count). The standard InChI is InChI=1S/C21H22N2O5S/c1-11-13(3)29-21-17(11)20(25)22-19(23-21)12(2)28-16(24)10-9-14-7-6-8-15(26-4)18(14)27-5/h6-10,12H,1-5H3,(H,22,23,25)/b10-9+/t12-/m0/s1. The van der Waals surface area contributed by atoms with Gasteiger partial charge in [-0.3, -0.25) is 4.79 Å². The molecule has 0 bridgehead atoms. The number of aromatic amines is 1. The summed E-state index contributed by atoms with van der Waals surface area (Å²) in [6.45, 7) is 5.50. The van der Waals surface area contributed by atoms with Gasteiger partial charge in [0, 0.05) is 16.5 Å². The Bertz CT molecular complexity index is 1150. The fourth-order valence-electron chi connectivity index (χ4n) is 2.93. The molecular weight excluding hydrogens is 392 g/mol. The molecule has 0 saturated carbocycles. The SMILES string of the molecule is COc1cccc(/C=C/C(=O)O[C@@H](C)c2nc3sc(C)c(C)c3c(=O)[nH]2)c1OC. The van der Waals surface area contributed by atoms with Crippen LogP contribution < -0.4 is 15.0 Å². The molecule has 29 heavy (non-hydrogen) atoms. The van der Waals surface area contributed by atoms with Crippen molar-refractivity contribution in [3.05, 3.63) is 56.5 Å². The molecule has 0 fully saturated rings. The molecule has 0 aliphatic heterocycles. The maximum Gasteiger partial charge on any atom is 0.331 e. The number of para-hydroxylation sites is 1. The highest BCUT2D eigenvalue weighted by atomic mass is 32.1. The van der Waals surface area contributed by atoms with E-state index in [0.29, 0.717) is 33.1 Å². The number of benzene rings is 1. The number of hydrogen-bond donors (Lipinski definition) is 1. The molecule has 7 nitrogen and oxygen atoms in total. The topological polar surface area (TPSA) is 90.5 Å². The molecular formula is C21H22N2O5S. The van der Waals surface area contributed by atoms with E-state index in [0.717, 1.165) is 10.4 Å². The molecule has 0 spiro atoms. The monoisotopic (exact) mass is 414 g/mol. The van der Waals surface area contributed by atoms with Crippen molar-refractivity contribution in [1.82, 2.24) is 9.97 Å². The summed E-state index contributed by atoms with van der Waals surface area (Å²) < 4.78 is 16.0. The second kappa shape index (κ2) is 8.48. The fourth-order valence-corrected chi connectivity index (χ4v) is 3.97. The molecule has 2 heterocycles. The van der Waals surface area contributed by atoms with Crippen molar-refractivity contribution in [2.45, 2.75) is 26.9 Å². The lowest BCUT2D eigenvalue weighted by atomic mass is 10.1. The van der Waals surface area contributed by atoms with Crippen molar-refractivity contribution >= 4 is 33.6 Å². The first kappa shape index (κ1) is 20.6. The van der Waals surface area contributed by atoms with Crippen LogP contribution in [0.3, 0.4) is 0 Å². The summed E-state index contributed by atoms with van der Waals surface area (Å²) in [5.74, 6) is 0.827. The molecule has 0 radical (unpaired) electrons. The van der Waals surface area contributed by atoms with Gasteiger partial charge in [-0.1, -0.05) is 12.1 Å². The molecule has 0 aliphatic carbocycles. The van der Waals surface area contributed by atoms with Crippen molar-refractivity contribution in [2.75, 3.05) is 14.2 Å². The lowest BCUT2D eigenvalue weighted by Gasteiger charge is -2.11. The zero-order chi connectivity index (χ0) is 21.1. The van der Waals surface area contributed by atoms with Crippen LogP contribution in [0, 0.1) is 13.8 Å². The maximum atomic E-state index is 12.4. The minimum atomic E-state index is -0.709. The Labute approximate surface area is 172 Å². The number of fused-ring (bicyclic) bond motifs is 1. The van der Waals surface area contributed by atoms with Crippen molar-refractivity contribution < 1.29 is 19.0 Å². The minimum Gasteiger partial charge on any atom is -0.493 e. The van der Waals surface area contributed by atoms with Crippen LogP contribution in [-0.2, 0) is 9.53 Å². The van der Waals surface area contributed by atoms with E-state index >= 15 is 0 Å². The molecule has 1 N–H and O–H groups in total. The lowest BCUT2D eigenvalue weighted by molar-refractivity contribution is -0.142. The van der Waals surface area contributed by atoms with Gasteiger partial charge in [0.15, 0.2) is 23.4 Å². The number of hydrogen-bond acceptors (Lipinski definition) is 7. The average Bonchev–Trinajstić information content (AvgIpc) is 2.99. The summed E-state index contributed by atoms with van der Waals surface area (Å²) in [5.41, 5.74) is 1.37. The Morgan fingerprint density at radius 2 is 2.00 bits per heavy atom. The summed E-state index contributed by atoms with van der Waals surface area (Å²) in [6.07, 6.45) is 2.17. The van der Waals surface area contributed by atoms with E-state index in [1.807, 2.05) is 13.8 Å². The van der Waals surface area contributed by atoms with Crippen molar-refractivity contribution in [1.29, 1.82) is 0 Å². The van der Waals surface area contributed by atoms with Crippen LogP contribution in [0.5, 0.6) is 11.5 Å². The van der Waals surface area contributed by atoms with Gasteiger partial charge < -0.3 is 19.2 Å². The molecule has 0 saturated heterocycles. The smallest absolute Gasteiger partial charge is 0.331 e. The zero-order valence-corrected chi connectivity index (χ0v) is 17.7. The van der Waals surface area contributed by atoms with Crippen LogP contribution in [0.4, 0.5) is 0 Å². The first-order valence-electron chi connectivity index (χ1n) is 8.95. The molecule has 0 unspecified atom stereocenters. The Hall–Kier alpha value is -3.13. The van der Waals surface area contributed by atoms with Gasteiger partial charge in [0.25, 0.3) is 5.56 Å². The van der Waals surface area contributed by atoms with E-state index < -0.39 is 12.1 Å². The summed E-state index contributed by atoms with van der Waals surface area (Å²) in [4.78, 5) is 33.5. The van der Waals surface area contributed by atoms with E-state index in [1.165, 1.54) is 24.5 Å². The highest BCUT2D eigenvalue weighted by Crippen LogP contribution is 2.31. The predicted octanol–water partition coefficient (Wildman–Crippen LogP) is 3.94. The average molecular weight is 414 g/mol. The van der Waals surface area contributed by atoms with Crippen LogP contribution >= 0.6 is 11.3 Å². The van der Waals surface area contributed by atoms with Crippen LogP contribution in [0.15, 0.2) is 29.1 Å². The maximum absolute atomic E-state index is 12.4. The molecule has 0 aliphatic rings. The summed E-state index contributed by atoms with van der Waals surface area (Å²) in [5, 5.41) is 0.583. The Morgan fingerprint density at radius 1 is 1.24 bits per heavy atom. The van der Waals surface area contributed by atoms with Crippen LogP contribution in [-0.4, -0.2) is 30.2 Å². The highest BCUT2D eigenvalue weighted by molar-refractivity contribution is 7.18. The largest absolute Gasteiger partial charge is 0.493 e. The van der Waals surface area contributed by atoms with E-state index in [-0.39, 0.29) is 5.56 Å². The third kappa shape index (κ3) is 4.17. The summed E-state index contributed by atoms with van der Waals surface area (Å²) >= 11 is 1.45. The van der Waals surface area contributed by atoms with Crippen molar-refractivity contribution in [3.63, 3.8) is 0 Å². The molecule has 1 atom stereocenters. The van der Waals surface area contributed by atoms with Crippen molar-refractivity contribution in [2.24, 2.45) is 0 Å². The Balaban J connectivity index is 1.79. The first-order chi connectivity index (χ1) is 13.8. The fraction of sp³-hybridized carbons (Fsp3) is 0.286. The molecule has 8 heteroatoms. The van der Waals surface area contributed by atoms with Gasteiger partial charge in [0.05, 0.1) is 19.6 Å². The van der Waals surface area contributed by atoms with E-state index in [9.17, 15) is 9.59 Å². The number of thiophene rings is 1. The second-order valence-corrected chi connectivity index (χ2v) is 7.61. The third-order valence-electron chi connectivity index (χ3n) is 4.57. The molecule has 1 aromatic carbocycles. The number of aryl methyl sites for hydroxylation is 2. The normalized spacial score (nSPS) is 12.3.